The molecule has 0 bridgehead atoms. The largest absolute Gasteiger partial charge is 0.467 e. The van der Waals surface area contributed by atoms with Gasteiger partial charge in [-0.3, -0.25) is 0 Å². The van der Waals surface area contributed by atoms with Crippen LogP contribution in [0.3, 0.4) is 0 Å². The van der Waals surface area contributed by atoms with E-state index in [-0.39, 0.29) is 6.79 Å². The zero-order valence-electron chi connectivity index (χ0n) is 9.03. The monoisotopic (exact) mass is 207 g/mol. The maximum Gasteiger partial charge on any atom is 0.189 e. The minimum Gasteiger partial charge on any atom is -0.467 e. The second-order valence-corrected chi connectivity index (χ2v) is 3.11. The van der Waals surface area contributed by atoms with Crippen LogP contribution in [0.4, 0.5) is 5.69 Å². The van der Waals surface area contributed by atoms with Crippen molar-refractivity contribution >= 4 is 5.69 Å². The fourth-order valence-electron chi connectivity index (χ4n) is 1.24. The maximum absolute atomic E-state index is 5.69. The van der Waals surface area contributed by atoms with Crippen molar-refractivity contribution in [2.24, 2.45) is 0 Å². The molecule has 2 N–H and O–H groups in total. The Morgan fingerprint density at radius 2 is 2.27 bits per heavy atom. The second-order valence-electron chi connectivity index (χ2n) is 3.11. The van der Waals surface area contributed by atoms with Gasteiger partial charge in [-0.05, 0) is 31.5 Å². The first-order chi connectivity index (χ1) is 7.27. The van der Waals surface area contributed by atoms with Crippen LogP contribution in [0, 0.1) is 0 Å². The van der Waals surface area contributed by atoms with Gasteiger partial charge in [0.05, 0.1) is 0 Å². The molecule has 3 nitrogen and oxygen atoms in total. The van der Waals surface area contributed by atoms with Crippen LogP contribution in [0.15, 0.2) is 30.9 Å². The lowest BCUT2D eigenvalue weighted by molar-refractivity contribution is 0.0219. The highest BCUT2D eigenvalue weighted by atomic mass is 16.7. The van der Waals surface area contributed by atoms with E-state index in [0.29, 0.717) is 6.61 Å². The third kappa shape index (κ3) is 3.64. The molecule has 0 saturated carbocycles. The summed E-state index contributed by atoms with van der Waals surface area (Å²) >= 11 is 0. The number of hydrogen-bond donors (Lipinski definition) is 1. The molecule has 1 aromatic rings. The summed E-state index contributed by atoms with van der Waals surface area (Å²) in [6, 6.07) is 5.56. The zero-order chi connectivity index (χ0) is 11.1. The molecule has 0 aliphatic rings. The molecule has 0 atom stereocenters. The van der Waals surface area contributed by atoms with Crippen LogP contribution in [-0.4, -0.2) is 13.4 Å². The first-order valence-corrected chi connectivity index (χ1v) is 4.97. The van der Waals surface area contributed by atoms with Gasteiger partial charge in [0.1, 0.15) is 5.75 Å². The van der Waals surface area contributed by atoms with Gasteiger partial charge in [-0.15, -0.1) is 6.58 Å². The SMILES string of the molecule is C=CCc1cc(N)ccc1OCOCC. The van der Waals surface area contributed by atoms with Crippen molar-refractivity contribution in [3.05, 3.63) is 36.4 Å². The van der Waals surface area contributed by atoms with Crippen molar-refractivity contribution < 1.29 is 9.47 Å². The van der Waals surface area contributed by atoms with E-state index in [2.05, 4.69) is 6.58 Å². The average molecular weight is 207 g/mol. The van der Waals surface area contributed by atoms with Gasteiger partial charge in [0.15, 0.2) is 6.79 Å². The predicted molar refractivity (Wildman–Crippen MR) is 61.9 cm³/mol. The number of ether oxygens (including phenoxy) is 2. The minimum absolute atomic E-state index is 0.268. The third-order valence-electron chi connectivity index (χ3n) is 1.95. The highest BCUT2D eigenvalue weighted by Gasteiger charge is 2.02. The normalized spacial score (nSPS) is 9.93. The highest BCUT2D eigenvalue weighted by Crippen LogP contribution is 2.22. The Hall–Kier alpha value is -1.48. The first-order valence-electron chi connectivity index (χ1n) is 4.97. The Labute approximate surface area is 90.5 Å². The molecule has 0 unspecified atom stereocenters. The molecular formula is C12H17NO2. The lowest BCUT2D eigenvalue weighted by atomic mass is 10.1. The van der Waals surface area contributed by atoms with E-state index in [9.17, 15) is 0 Å². The summed E-state index contributed by atoms with van der Waals surface area (Å²) in [5.74, 6) is 0.803. The lowest BCUT2D eigenvalue weighted by Crippen LogP contribution is -2.04. The van der Waals surface area contributed by atoms with E-state index in [1.54, 1.807) is 0 Å². The summed E-state index contributed by atoms with van der Waals surface area (Å²) < 4.78 is 10.6. The Kier molecular flexibility index (Phi) is 4.71. The van der Waals surface area contributed by atoms with Crippen LogP contribution in [0.25, 0.3) is 0 Å². The first kappa shape index (κ1) is 11.6. The van der Waals surface area contributed by atoms with Gasteiger partial charge in [0.25, 0.3) is 0 Å². The van der Waals surface area contributed by atoms with Crippen LogP contribution < -0.4 is 10.5 Å². The quantitative estimate of drug-likeness (QED) is 0.337. The minimum atomic E-state index is 0.268. The van der Waals surface area contributed by atoms with Crippen LogP contribution in [0.1, 0.15) is 12.5 Å². The van der Waals surface area contributed by atoms with Crippen molar-refractivity contribution in [3.8, 4) is 5.75 Å². The molecule has 3 heteroatoms. The smallest absolute Gasteiger partial charge is 0.189 e. The number of nitrogens with two attached hydrogens (primary N) is 1. The summed E-state index contributed by atoms with van der Waals surface area (Å²) in [5, 5.41) is 0. The van der Waals surface area contributed by atoms with Gasteiger partial charge >= 0.3 is 0 Å². The Morgan fingerprint density at radius 1 is 1.47 bits per heavy atom. The molecule has 0 radical (unpaired) electrons. The topological polar surface area (TPSA) is 44.5 Å². The molecule has 0 fully saturated rings. The number of hydrogen-bond acceptors (Lipinski definition) is 3. The summed E-state index contributed by atoms with van der Waals surface area (Å²) in [6.45, 7) is 6.54. The number of anilines is 1. The van der Waals surface area contributed by atoms with Crippen molar-refractivity contribution in [2.45, 2.75) is 13.3 Å². The third-order valence-corrected chi connectivity index (χ3v) is 1.95. The van der Waals surface area contributed by atoms with Crippen molar-refractivity contribution in [1.29, 1.82) is 0 Å². The van der Waals surface area contributed by atoms with Crippen LogP contribution >= 0.6 is 0 Å². The van der Waals surface area contributed by atoms with Crippen LogP contribution in [0.2, 0.25) is 0 Å². The molecule has 0 amide bonds. The Bertz CT molecular complexity index is 323. The molecule has 82 valence electrons. The van der Waals surface area contributed by atoms with Crippen LogP contribution in [0.5, 0.6) is 5.75 Å². The van der Waals surface area contributed by atoms with E-state index in [1.807, 2.05) is 31.2 Å². The number of benzene rings is 1. The Balaban J connectivity index is 2.71. The predicted octanol–water partition coefficient (Wildman–Crippen LogP) is 2.37. The molecule has 0 aliphatic carbocycles. The van der Waals surface area contributed by atoms with Gasteiger partial charge in [-0.25, -0.2) is 0 Å². The molecule has 0 saturated heterocycles. The summed E-state index contributed by atoms with van der Waals surface area (Å²) in [5.41, 5.74) is 7.46. The summed E-state index contributed by atoms with van der Waals surface area (Å²) in [4.78, 5) is 0. The van der Waals surface area contributed by atoms with Gasteiger partial charge in [-0.2, -0.15) is 0 Å². The van der Waals surface area contributed by atoms with Gasteiger partial charge in [0, 0.05) is 17.9 Å². The molecule has 0 heterocycles. The standard InChI is InChI=1S/C12H17NO2/c1-3-5-10-8-11(13)6-7-12(10)15-9-14-4-2/h3,6-8H,1,4-5,9,13H2,2H3. The number of allylic oxidation sites excluding steroid dienone is 1. The van der Waals surface area contributed by atoms with E-state index in [0.717, 1.165) is 23.4 Å². The Morgan fingerprint density at radius 3 is 2.93 bits per heavy atom. The number of rotatable bonds is 6. The number of nitrogen functional groups attached to an aromatic ring is 1. The van der Waals surface area contributed by atoms with Crippen molar-refractivity contribution in [3.63, 3.8) is 0 Å². The lowest BCUT2D eigenvalue weighted by Gasteiger charge is -2.10. The molecule has 0 aliphatic heterocycles. The molecule has 0 spiro atoms. The van der Waals surface area contributed by atoms with Crippen molar-refractivity contribution in [1.82, 2.24) is 0 Å². The molecule has 15 heavy (non-hydrogen) atoms. The van der Waals surface area contributed by atoms with Gasteiger partial charge in [-0.1, -0.05) is 6.08 Å². The van der Waals surface area contributed by atoms with E-state index < -0.39 is 0 Å². The molecular weight excluding hydrogens is 190 g/mol. The molecule has 1 aromatic carbocycles. The fraction of sp³-hybridized carbons (Fsp3) is 0.333. The fourth-order valence-corrected chi connectivity index (χ4v) is 1.24. The average Bonchev–Trinajstić information content (AvgIpc) is 2.22. The molecule has 1 rings (SSSR count). The summed E-state index contributed by atoms with van der Waals surface area (Å²) in [6.07, 6.45) is 2.56. The van der Waals surface area contributed by atoms with E-state index in [4.69, 9.17) is 15.2 Å². The molecule has 0 aromatic heterocycles. The van der Waals surface area contributed by atoms with E-state index >= 15 is 0 Å². The van der Waals surface area contributed by atoms with Gasteiger partial charge < -0.3 is 15.2 Å². The van der Waals surface area contributed by atoms with Crippen LogP contribution in [-0.2, 0) is 11.2 Å². The van der Waals surface area contributed by atoms with Gasteiger partial charge in [0.2, 0.25) is 0 Å². The summed E-state index contributed by atoms with van der Waals surface area (Å²) in [7, 11) is 0. The van der Waals surface area contributed by atoms with E-state index in [1.165, 1.54) is 0 Å². The maximum atomic E-state index is 5.69. The highest BCUT2D eigenvalue weighted by molar-refractivity contribution is 5.48. The van der Waals surface area contributed by atoms with Crippen molar-refractivity contribution in [2.75, 3.05) is 19.1 Å². The second kappa shape index (κ2) is 6.09. The zero-order valence-corrected chi connectivity index (χ0v) is 9.03.